The van der Waals surface area contributed by atoms with E-state index < -0.39 is 11.9 Å². The Morgan fingerprint density at radius 3 is 2.80 bits per heavy atom. The molecule has 1 unspecified atom stereocenters. The van der Waals surface area contributed by atoms with Crippen molar-refractivity contribution in [1.82, 2.24) is 0 Å². The summed E-state index contributed by atoms with van der Waals surface area (Å²) in [7, 11) is 0. The lowest BCUT2D eigenvalue weighted by Crippen LogP contribution is -2.26. The third-order valence-corrected chi connectivity index (χ3v) is 2.38. The molecule has 1 saturated heterocycles. The Labute approximate surface area is 86.1 Å². The number of rotatable bonds is 1. The monoisotopic (exact) mass is 210 g/mol. The number of aliphatic hydroxyl groups is 1. The highest BCUT2D eigenvalue weighted by Crippen LogP contribution is 2.27. The smallest absolute Gasteiger partial charge is 0.229 e. The number of hydrogen-bond acceptors (Lipinski definition) is 3. The van der Waals surface area contributed by atoms with Gasteiger partial charge >= 0.3 is 0 Å². The molecule has 1 aliphatic rings. The molecule has 1 amide bonds. The van der Waals surface area contributed by atoms with Crippen LogP contribution in [0.1, 0.15) is 6.42 Å². The van der Waals surface area contributed by atoms with Gasteiger partial charge in [-0.15, -0.1) is 0 Å². The molecular formula is C10H11FN2O2. The van der Waals surface area contributed by atoms with Crippen LogP contribution in [0.2, 0.25) is 0 Å². The Morgan fingerprint density at radius 1 is 1.53 bits per heavy atom. The molecule has 0 bridgehead atoms. The predicted molar refractivity (Wildman–Crippen MR) is 53.8 cm³/mol. The molecule has 1 aromatic rings. The van der Waals surface area contributed by atoms with Gasteiger partial charge in [0, 0.05) is 0 Å². The van der Waals surface area contributed by atoms with E-state index in [0.29, 0.717) is 5.69 Å². The first kappa shape index (κ1) is 9.92. The first-order chi connectivity index (χ1) is 7.08. The van der Waals surface area contributed by atoms with Crippen molar-refractivity contribution in [1.29, 1.82) is 0 Å². The average Bonchev–Trinajstić information content (AvgIpc) is 2.45. The van der Waals surface area contributed by atoms with Crippen LogP contribution in [0.4, 0.5) is 15.8 Å². The van der Waals surface area contributed by atoms with Crippen molar-refractivity contribution in [3.8, 4) is 0 Å². The topological polar surface area (TPSA) is 66.6 Å². The van der Waals surface area contributed by atoms with Gasteiger partial charge in [-0.05, 0) is 18.2 Å². The van der Waals surface area contributed by atoms with Crippen molar-refractivity contribution in [3.63, 3.8) is 0 Å². The number of carbonyl (C=O) groups is 1. The lowest BCUT2D eigenvalue weighted by molar-refractivity contribution is -0.117. The largest absolute Gasteiger partial charge is 0.397 e. The van der Waals surface area contributed by atoms with E-state index in [1.165, 1.54) is 17.0 Å². The Hall–Kier alpha value is -1.62. The van der Waals surface area contributed by atoms with E-state index in [1.54, 1.807) is 0 Å². The van der Waals surface area contributed by atoms with Gasteiger partial charge in [0.25, 0.3) is 0 Å². The molecule has 15 heavy (non-hydrogen) atoms. The van der Waals surface area contributed by atoms with Crippen LogP contribution >= 0.6 is 0 Å². The van der Waals surface area contributed by atoms with E-state index in [4.69, 9.17) is 5.73 Å². The number of amides is 1. The van der Waals surface area contributed by atoms with Gasteiger partial charge < -0.3 is 15.7 Å². The van der Waals surface area contributed by atoms with Crippen LogP contribution in [0.15, 0.2) is 18.2 Å². The van der Waals surface area contributed by atoms with E-state index in [2.05, 4.69) is 0 Å². The predicted octanol–water partition coefficient (Wildman–Crippen LogP) is 0.506. The molecule has 1 aromatic carbocycles. The summed E-state index contributed by atoms with van der Waals surface area (Å²) in [5, 5.41) is 9.30. The maximum Gasteiger partial charge on any atom is 0.229 e. The lowest BCUT2D eigenvalue weighted by atomic mass is 10.2. The van der Waals surface area contributed by atoms with Crippen molar-refractivity contribution < 1.29 is 14.3 Å². The third kappa shape index (κ3) is 1.78. The molecule has 1 fully saturated rings. The Balaban J connectivity index is 2.34. The summed E-state index contributed by atoms with van der Waals surface area (Å²) in [6.07, 6.45) is -0.571. The number of halogens is 1. The molecule has 2 rings (SSSR count). The number of hydrogen-bond donors (Lipinski definition) is 2. The second-order valence-electron chi connectivity index (χ2n) is 3.57. The van der Waals surface area contributed by atoms with Crippen LogP contribution in [0.25, 0.3) is 0 Å². The number of benzene rings is 1. The van der Waals surface area contributed by atoms with Gasteiger partial charge in [-0.3, -0.25) is 4.79 Å². The molecule has 80 valence electrons. The molecule has 0 spiro atoms. The fourth-order valence-corrected chi connectivity index (χ4v) is 1.69. The summed E-state index contributed by atoms with van der Waals surface area (Å²) in [4.78, 5) is 12.8. The summed E-state index contributed by atoms with van der Waals surface area (Å²) in [6, 6.07) is 3.84. The highest BCUT2D eigenvalue weighted by molar-refractivity contribution is 5.98. The van der Waals surface area contributed by atoms with E-state index in [-0.39, 0.29) is 24.6 Å². The van der Waals surface area contributed by atoms with Crippen LogP contribution in [-0.4, -0.2) is 23.7 Å². The van der Waals surface area contributed by atoms with Crippen LogP contribution in [0, 0.1) is 5.82 Å². The summed E-state index contributed by atoms with van der Waals surface area (Å²) in [5.74, 6) is -0.635. The normalized spacial score (nSPS) is 21.1. The zero-order valence-corrected chi connectivity index (χ0v) is 7.98. The van der Waals surface area contributed by atoms with Crippen molar-refractivity contribution in [2.75, 3.05) is 17.2 Å². The minimum absolute atomic E-state index is 0.0941. The summed E-state index contributed by atoms with van der Waals surface area (Å²) < 4.78 is 12.8. The van der Waals surface area contributed by atoms with Gasteiger partial charge in [0.05, 0.1) is 30.4 Å². The van der Waals surface area contributed by atoms with Gasteiger partial charge in [-0.2, -0.15) is 0 Å². The Kier molecular flexibility index (Phi) is 2.32. The molecular weight excluding hydrogens is 199 g/mol. The first-order valence-electron chi connectivity index (χ1n) is 4.61. The minimum atomic E-state index is -0.665. The summed E-state index contributed by atoms with van der Waals surface area (Å²) >= 11 is 0. The second kappa shape index (κ2) is 3.51. The average molecular weight is 210 g/mol. The van der Waals surface area contributed by atoms with Gasteiger partial charge in [-0.1, -0.05) is 0 Å². The highest BCUT2D eigenvalue weighted by Gasteiger charge is 2.30. The molecule has 1 atom stereocenters. The number of nitrogens with two attached hydrogens (primary N) is 1. The van der Waals surface area contributed by atoms with Crippen LogP contribution in [0.5, 0.6) is 0 Å². The number of carbonyl (C=O) groups excluding carboxylic acids is 1. The fourth-order valence-electron chi connectivity index (χ4n) is 1.69. The maximum absolute atomic E-state index is 12.8. The quantitative estimate of drug-likeness (QED) is 0.663. The maximum atomic E-state index is 12.8. The molecule has 0 aliphatic carbocycles. The summed E-state index contributed by atoms with van der Waals surface area (Å²) in [6.45, 7) is 0.217. The van der Waals surface area contributed by atoms with Crippen molar-refractivity contribution in [2.45, 2.75) is 12.5 Å². The molecule has 1 heterocycles. The van der Waals surface area contributed by atoms with Crippen LogP contribution < -0.4 is 10.6 Å². The van der Waals surface area contributed by atoms with E-state index in [9.17, 15) is 14.3 Å². The van der Waals surface area contributed by atoms with Crippen LogP contribution in [0.3, 0.4) is 0 Å². The zero-order valence-electron chi connectivity index (χ0n) is 7.98. The number of anilines is 2. The van der Waals surface area contributed by atoms with Gasteiger partial charge in [0.15, 0.2) is 0 Å². The Morgan fingerprint density at radius 2 is 2.27 bits per heavy atom. The molecule has 0 saturated carbocycles. The molecule has 0 aromatic heterocycles. The Bertz CT molecular complexity index is 408. The number of β-amino-alcohol motifs (C(OH)–C–C–N with tert-alkyl or cyclic N) is 1. The van der Waals surface area contributed by atoms with E-state index in [1.807, 2.05) is 0 Å². The number of nitrogen functional groups attached to an aromatic ring is 1. The van der Waals surface area contributed by atoms with Crippen molar-refractivity contribution >= 4 is 17.3 Å². The number of nitrogens with zero attached hydrogens (tertiary/aromatic N) is 1. The minimum Gasteiger partial charge on any atom is -0.397 e. The fraction of sp³-hybridized carbons (Fsp3) is 0.300. The zero-order chi connectivity index (χ0) is 11.0. The van der Waals surface area contributed by atoms with Gasteiger partial charge in [-0.25, -0.2) is 4.39 Å². The third-order valence-electron chi connectivity index (χ3n) is 2.38. The number of aliphatic hydroxyl groups excluding tert-OH is 1. The molecule has 3 N–H and O–H groups in total. The SMILES string of the molecule is Nc1cc(F)ccc1N1CC(O)CC1=O. The van der Waals surface area contributed by atoms with Crippen molar-refractivity contribution in [2.24, 2.45) is 0 Å². The molecule has 5 heteroatoms. The first-order valence-corrected chi connectivity index (χ1v) is 4.61. The van der Waals surface area contributed by atoms with Crippen molar-refractivity contribution in [3.05, 3.63) is 24.0 Å². The summed E-state index contributed by atoms with van der Waals surface area (Å²) in [5.41, 5.74) is 6.26. The lowest BCUT2D eigenvalue weighted by Gasteiger charge is -2.17. The second-order valence-corrected chi connectivity index (χ2v) is 3.57. The van der Waals surface area contributed by atoms with Crippen LogP contribution in [-0.2, 0) is 4.79 Å². The molecule has 1 aliphatic heterocycles. The highest BCUT2D eigenvalue weighted by atomic mass is 19.1. The standard InChI is InChI=1S/C10H11FN2O2/c11-6-1-2-9(8(12)3-6)13-5-7(14)4-10(13)15/h1-3,7,14H,4-5,12H2. The van der Waals surface area contributed by atoms with E-state index in [0.717, 1.165) is 6.07 Å². The van der Waals surface area contributed by atoms with Gasteiger partial charge in [0.2, 0.25) is 5.91 Å². The van der Waals surface area contributed by atoms with Gasteiger partial charge in [0.1, 0.15) is 5.82 Å². The molecule has 4 nitrogen and oxygen atoms in total. The van der Waals surface area contributed by atoms with E-state index >= 15 is 0 Å². The molecule has 0 radical (unpaired) electrons.